The Labute approximate surface area is 160 Å². The van der Waals surface area contributed by atoms with Gasteiger partial charge in [0.1, 0.15) is 5.60 Å². The average Bonchev–Trinajstić information content (AvgIpc) is 2.72. The number of aliphatic hydroxyl groups is 2. The molecule has 2 aromatic carbocycles. The molecule has 1 heterocycles. The summed E-state index contributed by atoms with van der Waals surface area (Å²) in [5.41, 5.74) is 2.15. The van der Waals surface area contributed by atoms with Gasteiger partial charge in [-0.05, 0) is 36.5 Å². The molecule has 2 aromatic rings. The minimum absolute atomic E-state index is 0.00483. The van der Waals surface area contributed by atoms with Crippen molar-refractivity contribution < 1.29 is 19.7 Å². The number of carbonyl (C=O) groups excluding carboxylic acids is 1. The van der Waals surface area contributed by atoms with Crippen molar-refractivity contribution in [1.29, 1.82) is 0 Å². The molecule has 1 fully saturated rings. The second-order valence-corrected chi connectivity index (χ2v) is 7.07. The van der Waals surface area contributed by atoms with Crippen LogP contribution in [0.1, 0.15) is 48.9 Å². The van der Waals surface area contributed by atoms with Crippen molar-refractivity contribution in [1.82, 2.24) is 4.90 Å². The normalized spacial score (nSPS) is 21.0. The molecule has 144 valence electrons. The van der Waals surface area contributed by atoms with Crippen molar-refractivity contribution in [2.45, 2.75) is 44.4 Å². The summed E-state index contributed by atoms with van der Waals surface area (Å²) in [7, 11) is 0. The lowest BCUT2D eigenvalue weighted by Crippen LogP contribution is -2.48. The fourth-order valence-electron chi connectivity index (χ4n) is 3.73. The van der Waals surface area contributed by atoms with Crippen LogP contribution >= 0.6 is 0 Å². The molecule has 5 nitrogen and oxygen atoms in total. The highest BCUT2D eigenvalue weighted by Crippen LogP contribution is 2.40. The second-order valence-electron chi connectivity index (χ2n) is 7.07. The number of amides is 1. The molecule has 27 heavy (non-hydrogen) atoms. The number of nitrogens with zero attached hydrogens (tertiary/aromatic N) is 1. The largest absolute Gasteiger partial charge is 0.438 e. The van der Waals surface area contributed by atoms with Crippen molar-refractivity contribution >= 4 is 6.09 Å². The Hall–Kier alpha value is -2.37. The first-order valence-electron chi connectivity index (χ1n) is 9.45. The average molecular weight is 369 g/mol. The Morgan fingerprint density at radius 1 is 1.11 bits per heavy atom. The minimum Gasteiger partial charge on any atom is -0.438 e. The van der Waals surface area contributed by atoms with Crippen molar-refractivity contribution in [2.75, 3.05) is 13.2 Å². The Morgan fingerprint density at radius 2 is 1.81 bits per heavy atom. The van der Waals surface area contributed by atoms with E-state index in [0.29, 0.717) is 25.8 Å². The Kier molecular flexibility index (Phi) is 6.14. The van der Waals surface area contributed by atoms with Gasteiger partial charge in [-0.15, -0.1) is 0 Å². The van der Waals surface area contributed by atoms with E-state index in [-0.39, 0.29) is 25.3 Å². The van der Waals surface area contributed by atoms with Gasteiger partial charge in [0, 0.05) is 19.6 Å². The van der Waals surface area contributed by atoms with E-state index in [1.54, 1.807) is 4.90 Å². The summed E-state index contributed by atoms with van der Waals surface area (Å²) in [5, 5.41) is 18.5. The summed E-state index contributed by atoms with van der Waals surface area (Å²) in [6, 6.07) is 17.3. The maximum absolute atomic E-state index is 12.9. The summed E-state index contributed by atoms with van der Waals surface area (Å²) in [5.74, 6) is 0. The molecule has 0 aliphatic carbocycles. The van der Waals surface area contributed by atoms with E-state index in [9.17, 15) is 15.0 Å². The number of aliphatic hydroxyl groups excluding tert-OH is 2. The monoisotopic (exact) mass is 369 g/mol. The van der Waals surface area contributed by atoms with Gasteiger partial charge in [0.05, 0.1) is 12.6 Å². The maximum Gasteiger partial charge on any atom is 0.411 e. The molecule has 1 aliphatic rings. The van der Waals surface area contributed by atoms with Gasteiger partial charge in [-0.2, -0.15) is 0 Å². The van der Waals surface area contributed by atoms with E-state index in [0.717, 1.165) is 16.7 Å². The maximum atomic E-state index is 12.9. The number of carbonyl (C=O) groups is 1. The van der Waals surface area contributed by atoms with Crippen LogP contribution in [0.15, 0.2) is 54.6 Å². The van der Waals surface area contributed by atoms with Crippen LogP contribution in [0, 0.1) is 0 Å². The fraction of sp³-hybridized carbons (Fsp3) is 0.409. The van der Waals surface area contributed by atoms with Gasteiger partial charge in [-0.3, -0.25) is 0 Å². The third-order valence-electron chi connectivity index (χ3n) is 5.42. The van der Waals surface area contributed by atoms with Crippen LogP contribution in [0.3, 0.4) is 0 Å². The summed E-state index contributed by atoms with van der Waals surface area (Å²) >= 11 is 0. The highest BCUT2D eigenvalue weighted by Gasteiger charge is 2.43. The lowest BCUT2D eigenvalue weighted by Gasteiger charge is -2.43. The molecule has 1 saturated heterocycles. The third kappa shape index (κ3) is 4.15. The van der Waals surface area contributed by atoms with E-state index in [4.69, 9.17) is 4.74 Å². The third-order valence-corrected chi connectivity index (χ3v) is 5.42. The molecule has 0 aromatic heterocycles. The first-order chi connectivity index (χ1) is 13.1. The van der Waals surface area contributed by atoms with E-state index in [1.807, 2.05) is 61.5 Å². The van der Waals surface area contributed by atoms with Crippen molar-refractivity contribution in [2.24, 2.45) is 0 Å². The number of cyclic esters (lactones) is 1. The van der Waals surface area contributed by atoms with Crippen LogP contribution < -0.4 is 0 Å². The summed E-state index contributed by atoms with van der Waals surface area (Å²) in [6.07, 6.45) is 1.54. The quantitative estimate of drug-likeness (QED) is 0.780. The molecule has 0 saturated carbocycles. The number of benzene rings is 2. The number of hydrogen-bond donors (Lipinski definition) is 2. The molecule has 2 atom stereocenters. The smallest absolute Gasteiger partial charge is 0.411 e. The highest BCUT2D eigenvalue weighted by atomic mass is 16.6. The van der Waals surface area contributed by atoms with E-state index < -0.39 is 5.60 Å². The summed E-state index contributed by atoms with van der Waals surface area (Å²) < 4.78 is 6.00. The first kappa shape index (κ1) is 19.4. The van der Waals surface area contributed by atoms with E-state index >= 15 is 0 Å². The van der Waals surface area contributed by atoms with Crippen molar-refractivity contribution in [3.8, 4) is 0 Å². The molecule has 2 N–H and O–H groups in total. The molecule has 1 unspecified atom stereocenters. The fourth-order valence-corrected chi connectivity index (χ4v) is 3.73. The number of ether oxygens (including phenoxy) is 1. The lowest BCUT2D eigenvalue weighted by atomic mass is 9.84. The van der Waals surface area contributed by atoms with Crippen LogP contribution in [-0.2, 0) is 16.9 Å². The standard InChI is InChI=1S/C22H27NO4/c1-17(19-10-8-18(16-25)9-11-19)23-14-13-22(12-5-15-24,27-21(23)26)20-6-3-2-4-7-20/h2-4,6-11,17,24-25H,5,12-16H2,1H3/t17?,22-/m1/s1. The van der Waals surface area contributed by atoms with Crippen LogP contribution in [0.4, 0.5) is 4.79 Å². The zero-order valence-electron chi connectivity index (χ0n) is 15.7. The topological polar surface area (TPSA) is 70.0 Å². The van der Waals surface area contributed by atoms with Gasteiger partial charge < -0.3 is 19.8 Å². The van der Waals surface area contributed by atoms with Crippen LogP contribution in [0.5, 0.6) is 0 Å². The van der Waals surface area contributed by atoms with Gasteiger partial charge in [0.2, 0.25) is 0 Å². The van der Waals surface area contributed by atoms with Gasteiger partial charge >= 0.3 is 6.09 Å². The molecule has 1 aliphatic heterocycles. The molecular formula is C22H27NO4. The minimum atomic E-state index is -0.683. The zero-order valence-corrected chi connectivity index (χ0v) is 15.7. The van der Waals surface area contributed by atoms with E-state index in [2.05, 4.69) is 0 Å². The Morgan fingerprint density at radius 3 is 2.41 bits per heavy atom. The molecule has 1 amide bonds. The Bertz CT molecular complexity index is 747. The molecular weight excluding hydrogens is 342 g/mol. The molecule has 3 rings (SSSR count). The Balaban J connectivity index is 1.78. The van der Waals surface area contributed by atoms with Gasteiger partial charge in [-0.25, -0.2) is 4.79 Å². The van der Waals surface area contributed by atoms with Crippen LogP contribution in [0.25, 0.3) is 0 Å². The predicted molar refractivity (Wildman–Crippen MR) is 103 cm³/mol. The SMILES string of the molecule is CC(c1ccc(CO)cc1)N1CC[C@](CCCO)(c2ccccc2)OC1=O. The summed E-state index contributed by atoms with van der Waals surface area (Å²) in [4.78, 5) is 14.6. The second kappa shape index (κ2) is 8.55. The molecule has 0 radical (unpaired) electrons. The first-order valence-corrected chi connectivity index (χ1v) is 9.45. The summed E-state index contributed by atoms with van der Waals surface area (Å²) in [6.45, 7) is 2.65. The molecule has 0 spiro atoms. The predicted octanol–water partition coefficient (Wildman–Crippen LogP) is 3.75. The van der Waals surface area contributed by atoms with Gasteiger partial charge in [0.25, 0.3) is 0 Å². The van der Waals surface area contributed by atoms with E-state index in [1.165, 1.54) is 0 Å². The zero-order chi connectivity index (χ0) is 19.3. The van der Waals surface area contributed by atoms with Crippen LogP contribution in [0.2, 0.25) is 0 Å². The molecule has 0 bridgehead atoms. The number of hydrogen-bond acceptors (Lipinski definition) is 4. The van der Waals surface area contributed by atoms with Crippen molar-refractivity contribution in [3.63, 3.8) is 0 Å². The van der Waals surface area contributed by atoms with Gasteiger partial charge in [-0.1, -0.05) is 54.6 Å². The number of rotatable bonds is 7. The molecule has 5 heteroatoms. The van der Waals surface area contributed by atoms with Crippen LogP contribution in [-0.4, -0.2) is 34.4 Å². The lowest BCUT2D eigenvalue weighted by molar-refractivity contribution is -0.0680. The van der Waals surface area contributed by atoms with Gasteiger partial charge in [0.15, 0.2) is 0 Å². The highest BCUT2D eigenvalue weighted by molar-refractivity contribution is 5.70. The van der Waals surface area contributed by atoms with Crippen molar-refractivity contribution in [3.05, 3.63) is 71.3 Å².